The number of hydrogen-bond acceptors (Lipinski definition) is 4. The predicted molar refractivity (Wildman–Crippen MR) is 119 cm³/mol. The maximum atomic E-state index is 12.2. The van der Waals surface area contributed by atoms with Gasteiger partial charge < -0.3 is 5.32 Å². The van der Waals surface area contributed by atoms with Gasteiger partial charge in [-0.15, -0.1) is 0 Å². The van der Waals surface area contributed by atoms with Crippen molar-refractivity contribution < 1.29 is 4.79 Å². The molecule has 30 heavy (non-hydrogen) atoms. The summed E-state index contributed by atoms with van der Waals surface area (Å²) >= 11 is 6.16. The number of aromatic amines is 1. The molecule has 0 saturated heterocycles. The summed E-state index contributed by atoms with van der Waals surface area (Å²) in [7, 11) is 0. The highest BCUT2D eigenvalue weighted by Crippen LogP contribution is 2.21. The second kappa shape index (κ2) is 9.37. The molecule has 0 spiro atoms. The SMILES string of the molecule is O=C(NCCCCc1ccccc1Cl)Nc1ccc2ncc(-c3cn[nH]c3)cc2n1. The van der Waals surface area contributed by atoms with Gasteiger partial charge in [-0.3, -0.25) is 15.4 Å². The van der Waals surface area contributed by atoms with Crippen LogP contribution < -0.4 is 10.6 Å². The topological polar surface area (TPSA) is 95.6 Å². The Labute approximate surface area is 178 Å². The number of aryl methyl sites for hydroxylation is 1. The fourth-order valence-electron chi connectivity index (χ4n) is 3.15. The number of urea groups is 1. The van der Waals surface area contributed by atoms with Crippen molar-refractivity contribution in [3.63, 3.8) is 0 Å². The molecule has 0 saturated carbocycles. The summed E-state index contributed by atoms with van der Waals surface area (Å²) < 4.78 is 0. The van der Waals surface area contributed by atoms with Gasteiger partial charge in [0.15, 0.2) is 0 Å². The molecule has 3 aromatic heterocycles. The van der Waals surface area contributed by atoms with Gasteiger partial charge in [0, 0.05) is 35.1 Å². The normalized spacial score (nSPS) is 10.8. The minimum atomic E-state index is -0.279. The van der Waals surface area contributed by atoms with Crippen LogP contribution in [-0.2, 0) is 6.42 Å². The molecule has 1 aromatic carbocycles. The number of unbranched alkanes of at least 4 members (excludes halogenated alkanes) is 1. The minimum Gasteiger partial charge on any atom is -0.338 e. The Kier molecular flexibility index (Phi) is 6.20. The molecule has 7 nitrogen and oxygen atoms in total. The third-order valence-electron chi connectivity index (χ3n) is 4.73. The highest BCUT2D eigenvalue weighted by atomic mass is 35.5. The number of fused-ring (bicyclic) bond motifs is 1. The van der Waals surface area contributed by atoms with Gasteiger partial charge in [-0.05, 0) is 49.1 Å². The molecule has 0 bridgehead atoms. The number of pyridine rings is 2. The highest BCUT2D eigenvalue weighted by molar-refractivity contribution is 6.31. The number of rotatable bonds is 7. The number of nitrogens with zero attached hydrogens (tertiary/aromatic N) is 3. The zero-order valence-electron chi connectivity index (χ0n) is 16.2. The Bertz CT molecular complexity index is 1150. The van der Waals surface area contributed by atoms with Crippen molar-refractivity contribution >= 4 is 34.5 Å². The zero-order chi connectivity index (χ0) is 20.8. The first-order chi connectivity index (χ1) is 14.7. The van der Waals surface area contributed by atoms with Gasteiger partial charge in [-0.25, -0.2) is 9.78 Å². The molecule has 3 heterocycles. The summed E-state index contributed by atoms with van der Waals surface area (Å²) in [6, 6.07) is 13.0. The molecule has 0 aliphatic rings. The van der Waals surface area contributed by atoms with Gasteiger partial charge in [0.2, 0.25) is 0 Å². The number of halogens is 1. The lowest BCUT2D eigenvalue weighted by molar-refractivity contribution is 0.252. The Balaban J connectivity index is 1.29. The molecule has 0 unspecified atom stereocenters. The average molecular weight is 421 g/mol. The van der Waals surface area contributed by atoms with Crippen LogP contribution in [-0.4, -0.2) is 32.7 Å². The second-order valence-electron chi connectivity index (χ2n) is 6.88. The molecule has 4 aromatic rings. The number of carbonyl (C=O) groups excluding carboxylic acids is 1. The van der Waals surface area contributed by atoms with Crippen LogP contribution in [0.4, 0.5) is 10.6 Å². The third-order valence-corrected chi connectivity index (χ3v) is 5.10. The van der Waals surface area contributed by atoms with Crippen LogP contribution in [0, 0.1) is 0 Å². The van der Waals surface area contributed by atoms with Crippen molar-refractivity contribution in [2.45, 2.75) is 19.3 Å². The quantitative estimate of drug-likeness (QED) is 0.373. The molecular weight excluding hydrogens is 400 g/mol. The smallest absolute Gasteiger partial charge is 0.320 e. The summed E-state index contributed by atoms with van der Waals surface area (Å²) in [6.45, 7) is 0.579. The van der Waals surface area contributed by atoms with Gasteiger partial charge in [-0.1, -0.05) is 29.8 Å². The standard InChI is InChI=1S/C22H21ClN6O/c23-18-7-2-1-5-15(18)6-3-4-10-24-22(30)29-21-9-8-19-20(28-21)11-16(12-25-19)17-13-26-27-14-17/h1-2,5,7-9,11-14H,3-4,6,10H2,(H,26,27)(H2,24,28,29,30). The summed E-state index contributed by atoms with van der Waals surface area (Å²) in [4.78, 5) is 21.1. The van der Waals surface area contributed by atoms with E-state index in [1.165, 1.54) is 0 Å². The van der Waals surface area contributed by atoms with Crippen LogP contribution in [0.1, 0.15) is 18.4 Å². The summed E-state index contributed by atoms with van der Waals surface area (Å²) in [5.74, 6) is 0.474. The number of hydrogen-bond donors (Lipinski definition) is 3. The fourth-order valence-corrected chi connectivity index (χ4v) is 3.38. The van der Waals surface area contributed by atoms with Gasteiger partial charge in [-0.2, -0.15) is 5.10 Å². The number of amides is 2. The molecule has 4 rings (SSSR count). The average Bonchev–Trinajstić information content (AvgIpc) is 3.29. The predicted octanol–water partition coefficient (Wildman–Crippen LogP) is 4.82. The van der Waals surface area contributed by atoms with Crippen LogP contribution in [0.2, 0.25) is 5.02 Å². The Morgan fingerprint density at radius 3 is 2.77 bits per heavy atom. The summed E-state index contributed by atoms with van der Waals surface area (Å²) in [6.07, 6.45) is 8.00. The number of aromatic nitrogens is 4. The van der Waals surface area contributed by atoms with Gasteiger partial charge in [0.1, 0.15) is 5.82 Å². The first-order valence-electron chi connectivity index (χ1n) is 9.73. The van der Waals surface area contributed by atoms with Crippen molar-refractivity contribution in [1.29, 1.82) is 0 Å². The lowest BCUT2D eigenvalue weighted by Gasteiger charge is -2.08. The van der Waals surface area contributed by atoms with E-state index in [1.54, 1.807) is 24.7 Å². The van der Waals surface area contributed by atoms with Crippen LogP contribution in [0.15, 0.2) is 61.1 Å². The Morgan fingerprint density at radius 1 is 1.03 bits per heavy atom. The summed E-state index contributed by atoms with van der Waals surface area (Å²) in [5, 5.41) is 13.2. The molecule has 0 aliphatic heterocycles. The van der Waals surface area contributed by atoms with Crippen LogP contribution in [0.25, 0.3) is 22.2 Å². The van der Waals surface area contributed by atoms with E-state index in [4.69, 9.17) is 11.6 Å². The van der Waals surface area contributed by atoms with Crippen molar-refractivity contribution in [3.8, 4) is 11.1 Å². The molecule has 2 amide bonds. The number of anilines is 1. The number of benzene rings is 1. The largest absolute Gasteiger partial charge is 0.338 e. The molecule has 152 valence electrons. The van der Waals surface area contributed by atoms with E-state index in [-0.39, 0.29) is 6.03 Å². The molecule has 0 fully saturated rings. The van der Waals surface area contributed by atoms with Crippen molar-refractivity contribution in [2.24, 2.45) is 0 Å². The molecule has 3 N–H and O–H groups in total. The zero-order valence-corrected chi connectivity index (χ0v) is 17.0. The molecule has 0 aliphatic carbocycles. The molecular formula is C22H21ClN6O. The van der Waals surface area contributed by atoms with E-state index < -0.39 is 0 Å². The number of H-pyrrole nitrogens is 1. The highest BCUT2D eigenvalue weighted by Gasteiger charge is 2.07. The Morgan fingerprint density at radius 2 is 1.93 bits per heavy atom. The van der Waals surface area contributed by atoms with E-state index in [0.29, 0.717) is 17.9 Å². The van der Waals surface area contributed by atoms with Crippen molar-refractivity contribution in [1.82, 2.24) is 25.5 Å². The van der Waals surface area contributed by atoms with E-state index in [2.05, 4.69) is 30.8 Å². The van der Waals surface area contributed by atoms with Gasteiger partial charge >= 0.3 is 6.03 Å². The molecule has 8 heteroatoms. The van der Waals surface area contributed by atoms with Crippen LogP contribution in [0.3, 0.4) is 0 Å². The van der Waals surface area contributed by atoms with Crippen LogP contribution in [0.5, 0.6) is 0 Å². The lowest BCUT2D eigenvalue weighted by atomic mass is 10.1. The van der Waals surface area contributed by atoms with E-state index in [9.17, 15) is 4.79 Å². The van der Waals surface area contributed by atoms with E-state index in [1.807, 2.05) is 36.4 Å². The van der Waals surface area contributed by atoms with E-state index in [0.717, 1.165) is 46.5 Å². The second-order valence-corrected chi connectivity index (χ2v) is 7.28. The van der Waals surface area contributed by atoms with Gasteiger partial charge in [0.05, 0.1) is 17.2 Å². The molecule has 0 atom stereocenters. The maximum Gasteiger partial charge on any atom is 0.320 e. The number of nitrogens with one attached hydrogen (secondary N) is 3. The third kappa shape index (κ3) is 4.93. The Hall–Kier alpha value is -3.45. The summed E-state index contributed by atoms with van der Waals surface area (Å²) in [5.41, 5.74) is 4.43. The van der Waals surface area contributed by atoms with Crippen LogP contribution >= 0.6 is 11.6 Å². The monoisotopic (exact) mass is 420 g/mol. The fraction of sp³-hybridized carbons (Fsp3) is 0.182. The first-order valence-corrected chi connectivity index (χ1v) is 10.1. The minimum absolute atomic E-state index is 0.279. The maximum absolute atomic E-state index is 12.2. The molecule has 0 radical (unpaired) electrons. The van der Waals surface area contributed by atoms with Crippen molar-refractivity contribution in [2.75, 3.05) is 11.9 Å². The first kappa shape index (κ1) is 19.8. The van der Waals surface area contributed by atoms with Gasteiger partial charge in [0.25, 0.3) is 0 Å². The number of carbonyl (C=O) groups is 1. The van der Waals surface area contributed by atoms with E-state index >= 15 is 0 Å². The van der Waals surface area contributed by atoms with Crippen molar-refractivity contribution in [3.05, 3.63) is 71.6 Å². The lowest BCUT2D eigenvalue weighted by Crippen LogP contribution is -2.29.